The van der Waals surface area contributed by atoms with Gasteiger partial charge in [-0.3, -0.25) is 0 Å². The molecule has 1 saturated heterocycles. The number of halogens is 1. The molecular weight excluding hydrogens is 286 g/mol. The van der Waals surface area contributed by atoms with Crippen LogP contribution in [0.1, 0.15) is 18.4 Å². The molecule has 1 aliphatic rings. The third kappa shape index (κ3) is 3.40. The minimum atomic E-state index is 0.749. The number of hydrogen-bond acceptors (Lipinski definition) is 3. The van der Waals surface area contributed by atoms with E-state index in [2.05, 4.69) is 28.1 Å². The lowest BCUT2D eigenvalue weighted by molar-refractivity contribution is 0.1000. The first kappa shape index (κ1) is 12.3. The van der Waals surface area contributed by atoms with Crippen molar-refractivity contribution in [3.63, 3.8) is 0 Å². The summed E-state index contributed by atoms with van der Waals surface area (Å²) < 4.78 is 6.33. The summed E-state index contributed by atoms with van der Waals surface area (Å²) in [4.78, 5) is 0. The second-order valence-corrected chi connectivity index (χ2v) is 6.12. The Morgan fingerprint density at radius 2 is 2.12 bits per heavy atom. The Morgan fingerprint density at radius 1 is 1.38 bits per heavy atom. The summed E-state index contributed by atoms with van der Waals surface area (Å²) in [7, 11) is 0. The van der Waals surface area contributed by atoms with E-state index in [9.17, 15) is 0 Å². The van der Waals surface area contributed by atoms with Gasteiger partial charge in [-0.15, -0.1) is 0 Å². The zero-order chi connectivity index (χ0) is 11.4. The van der Waals surface area contributed by atoms with Gasteiger partial charge >= 0.3 is 0 Å². The van der Waals surface area contributed by atoms with Gasteiger partial charge in [0.05, 0.1) is 0 Å². The van der Waals surface area contributed by atoms with Crippen molar-refractivity contribution < 1.29 is 4.74 Å². The van der Waals surface area contributed by atoms with Gasteiger partial charge in [0.1, 0.15) is 0 Å². The lowest BCUT2D eigenvalue weighted by Gasteiger charge is -2.21. The Hall–Kier alpha value is -0.190. The van der Waals surface area contributed by atoms with Crippen molar-refractivity contribution in [2.24, 2.45) is 0 Å². The number of nitrogens with two attached hydrogens (primary N) is 1. The maximum atomic E-state index is 5.85. The first-order valence-corrected chi connectivity index (χ1v) is 7.33. The van der Waals surface area contributed by atoms with Gasteiger partial charge in [-0.2, -0.15) is 11.8 Å². The molecule has 1 heterocycles. The highest BCUT2D eigenvalue weighted by Crippen LogP contribution is 2.28. The lowest BCUT2D eigenvalue weighted by Crippen LogP contribution is -2.17. The standard InChI is InChI=1S/C12H16BrNOS/c13-11-2-1-9(7-12(11)14)8-16-10-3-5-15-6-4-10/h1-2,7,10H,3-6,8,14H2. The zero-order valence-electron chi connectivity index (χ0n) is 9.12. The highest BCUT2D eigenvalue weighted by Gasteiger charge is 2.13. The van der Waals surface area contributed by atoms with Crippen LogP contribution in [0.5, 0.6) is 0 Å². The van der Waals surface area contributed by atoms with Crippen LogP contribution >= 0.6 is 27.7 Å². The summed E-state index contributed by atoms with van der Waals surface area (Å²) in [6, 6.07) is 6.21. The SMILES string of the molecule is Nc1cc(CSC2CCOCC2)ccc1Br. The molecule has 2 N–H and O–H groups in total. The maximum Gasteiger partial charge on any atom is 0.0476 e. The Bertz CT molecular complexity index is 353. The molecule has 1 aromatic rings. The molecule has 0 amide bonds. The minimum absolute atomic E-state index is 0.749. The van der Waals surface area contributed by atoms with Crippen LogP contribution in [0.2, 0.25) is 0 Å². The van der Waals surface area contributed by atoms with Crippen molar-refractivity contribution in [2.45, 2.75) is 23.8 Å². The monoisotopic (exact) mass is 301 g/mol. The van der Waals surface area contributed by atoms with Crippen LogP contribution < -0.4 is 5.73 Å². The second-order valence-electron chi connectivity index (χ2n) is 3.98. The van der Waals surface area contributed by atoms with Gasteiger partial charge in [-0.25, -0.2) is 0 Å². The molecular formula is C12H16BrNOS. The third-order valence-electron chi connectivity index (χ3n) is 2.71. The van der Waals surface area contributed by atoms with E-state index in [1.54, 1.807) is 0 Å². The molecule has 0 aromatic heterocycles. The second kappa shape index (κ2) is 5.94. The fraction of sp³-hybridized carbons (Fsp3) is 0.500. The number of benzene rings is 1. The summed E-state index contributed by atoms with van der Waals surface area (Å²) in [5, 5.41) is 0.749. The molecule has 16 heavy (non-hydrogen) atoms. The van der Waals surface area contributed by atoms with Crippen molar-refractivity contribution in [1.29, 1.82) is 0 Å². The van der Waals surface area contributed by atoms with Gasteiger partial charge in [0.2, 0.25) is 0 Å². The normalized spacial score (nSPS) is 17.6. The minimum Gasteiger partial charge on any atom is -0.398 e. The van der Waals surface area contributed by atoms with E-state index in [-0.39, 0.29) is 0 Å². The molecule has 1 aliphatic heterocycles. The van der Waals surface area contributed by atoms with E-state index < -0.39 is 0 Å². The van der Waals surface area contributed by atoms with Crippen molar-refractivity contribution in [3.05, 3.63) is 28.2 Å². The van der Waals surface area contributed by atoms with Crippen LogP contribution in [0.25, 0.3) is 0 Å². The largest absolute Gasteiger partial charge is 0.398 e. The smallest absolute Gasteiger partial charge is 0.0476 e. The number of rotatable bonds is 3. The molecule has 2 nitrogen and oxygen atoms in total. The number of nitrogen functional groups attached to an aromatic ring is 1. The molecule has 4 heteroatoms. The van der Waals surface area contributed by atoms with E-state index in [1.165, 1.54) is 18.4 Å². The summed E-state index contributed by atoms with van der Waals surface area (Å²) >= 11 is 5.42. The van der Waals surface area contributed by atoms with Crippen molar-refractivity contribution in [1.82, 2.24) is 0 Å². The summed E-state index contributed by atoms with van der Waals surface area (Å²) in [6.45, 7) is 1.83. The average molecular weight is 302 g/mol. The van der Waals surface area contributed by atoms with Gasteiger partial charge in [-0.05, 0) is 46.5 Å². The molecule has 0 saturated carbocycles. The van der Waals surface area contributed by atoms with E-state index in [4.69, 9.17) is 10.5 Å². The Labute approximate surface area is 109 Å². The van der Waals surface area contributed by atoms with E-state index in [1.807, 2.05) is 17.8 Å². The first-order chi connectivity index (χ1) is 7.75. The van der Waals surface area contributed by atoms with Crippen LogP contribution in [0.15, 0.2) is 22.7 Å². The van der Waals surface area contributed by atoms with Crippen LogP contribution in [0, 0.1) is 0 Å². The maximum absolute atomic E-state index is 5.85. The van der Waals surface area contributed by atoms with Crippen molar-refractivity contribution in [2.75, 3.05) is 18.9 Å². The lowest BCUT2D eigenvalue weighted by atomic mass is 10.2. The van der Waals surface area contributed by atoms with Crippen LogP contribution in [0.4, 0.5) is 5.69 Å². The zero-order valence-corrected chi connectivity index (χ0v) is 11.5. The summed E-state index contributed by atoms with van der Waals surface area (Å²) in [6.07, 6.45) is 2.35. The van der Waals surface area contributed by atoms with Crippen molar-refractivity contribution in [3.8, 4) is 0 Å². The van der Waals surface area contributed by atoms with Crippen molar-refractivity contribution >= 4 is 33.4 Å². The predicted octanol–water partition coefficient (Wildman–Crippen LogP) is 3.44. The molecule has 0 atom stereocenters. The molecule has 0 aliphatic carbocycles. The van der Waals surface area contributed by atoms with E-state index in [0.717, 1.165) is 34.4 Å². The Kier molecular flexibility index (Phi) is 4.55. The number of anilines is 1. The van der Waals surface area contributed by atoms with Gasteiger partial charge in [0.15, 0.2) is 0 Å². The number of hydrogen-bond donors (Lipinski definition) is 1. The summed E-state index contributed by atoms with van der Waals surface area (Å²) in [5.41, 5.74) is 7.98. The molecule has 0 spiro atoms. The van der Waals surface area contributed by atoms with E-state index in [0.29, 0.717) is 0 Å². The van der Waals surface area contributed by atoms with Gasteiger partial charge in [-0.1, -0.05) is 6.07 Å². The molecule has 1 fully saturated rings. The fourth-order valence-electron chi connectivity index (χ4n) is 1.74. The Morgan fingerprint density at radius 3 is 2.81 bits per heavy atom. The quantitative estimate of drug-likeness (QED) is 0.869. The predicted molar refractivity (Wildman–Crippen MR) is 73.7 cm³/mol. The molecule has 2 rings (SSSR count). The molecule has 88 valence electrons. The average Bonchev–Trinajstić information content (AvgIpc) is 2.32. The molecule has 0 unspecified atom stereocenters. The van der Waals surface area contributed by atoms with Crippen LogP contribution in [-0.2, 0) is 10.5 Å². The van der Waals surface area contributed by atoms with Gasteiger partial charge in [0, 0.05) is 34.4 Å². The van der Waals surface area contributed by atoms with Gasteiger partial charge < -0.3 is 10.5 Å². The van der Waals surface area contributed by atoms with Gasteiger partial charge in [0.25, 0.3) is 0 Å². The highest BCUT2D eigenvalue weighted by atomic mass is 79.9. The first-order valence-electron chi connectivity index (χ1n) is 5.49. The number of ether oxygens (including phenoxy) is 1. The van der Waals surface area contributed by atoms with Crippen LogP contribution in [-0.4, -0.2) is 18.5 Å². The van der Waals surface area contributed by atoms with E-state index >= 15 is 0 Å². The molecule has 1 aromatic carbocycles. The highest BCUT2D eigenvalue weighted by molar-refractivity contribution is 9.10. The molecule has 0 bridgehead atoms. The summed E-state index contributed by atoms with van der Waals surface area (Å²) in [5.74, 6) is 1.04. The number of thioether (sulfide) groups is 1. The molecule has 0 radical (unpaired) electrons. The fourth-order valence-corrected chi connectivity index (χ4v) is 3.12. The third-order valence-corrected chi connectivity index (χ3v) is 4.88. The topological polar surface area (TPSA) is 35.2 Å². The van der Waals surface area contributed by atoms with Crippen LogP contribution in [0.3, 0.4) is 0 Å². The Balaban J connectivity index is 1.86.